The van der Waals surface area contributed by atoms with Crippen molar-refractivity contribution in [1.82, 2.24) is 15.1 Å². The number of anilines is 1. The quantitative estimate of drug-likeness (QED) is 0.860. The fourth-order valence-corrected chi connectivity index (χ4v) is 1.89. The molecule has 114 valence electrons. The number of nitrogens with one attached hydrogen (secondary N) is 2. The van der Waals surface area contributed by atoms with Crippen LogP contribution in [0.5, 0.6) is 0 Å². The molecule has 7 heteroatoms. The number of amides is 1. The lowest BCUT2D eigenvalue weighted by atomic mass is 10.1. The molecular formula is C13H23ClN4O2. The van der Waals surface area contributed by atoms with E-state index >= 15 is 0 Å². The standard InChI is InChI=1S/C13H22N4O2.ClH/c1-10(2)3-6-17-7-4-12(16-17)15-13(18)11-9-19-8-5-14-11;/h4,7,10-11,14H,3,5-6,8-9H2,1-2H3,(H,15,16,18);1H. The summed E-state index contributed by atoms with van der Waals surface area (Å²) in [6.45, 7) is 7.02. The minimum absolute atomic E-state index is 0. The van der Waals surface area contributed by atoms with Crippen molar-refractivity contribution in [2.75, 3.05) is 25.1 Å². The molecule has 0 saturated carbocycles. The molecule has 1 fully saturated rings. The number of rotatable bonds is 5. The van der Waals surface area contributed by atoms with Crippen LogP contribution in [0.1, 0.15) is 20.3 Å². The van der Waals surface area contributed by atoms with Gasteiger partial charge in [0.25, 0.3) is 0 Å². The van der Waals surface area contributed by atoms with Crippen LogP contribution in [-0.4, -0.2) is 41.5 Å². The van der Waals surface area contributed by atoms with E-state index in [-0.39, 0.29) is 24.4 Å². The van der Waals surface area contributed by atoms with Crippen LogP contribution in [0.2, 0.25) is 0 Å². The van der Waals surface area contributed by atoms with Crippen LogP contribution in [0.4, 0.5) is 5.82 Å². The zero-order valence-corrected chi connectivity index (χ0v) is 12.8. The van der Waals surface area contributed by atoms with Crippen molar-refractivity contribution in [2.24, 2.45) is 5.92 Å². The lowest BCUT2D eigenvalue weighted by molar-refractivity contribution is -0.120. The third kappa shape index (κ3) is 5.11. The van der Waals surface area contributed by atoms with E-state index in [1.54, 1.807) is 0 Å². The number of nitrogens with zero attached hydrogens (tertiary/aromatic N) is 2. The van der Waals surface area contributed by atoms with Crippen LogP contribution < -0.4 is 10.6 Å². The number of carbonyl (C=O) groups excluding carboxylic acids is 1. The SMILES string of the molecule is CC(C)CCn1ccc(NC(=O)C2COCCN2)n1.Cl. The molecule has 1 aromatic heterocycles. The predicted octanol–water partition coefficient (Wildman–Crippen LogP) is 1.28. The number of hydrogen-bond acceptors (Lipinski definition) is 4. The van der Waals surface area contributed by atoms with E-state index in [9.17, 15) is 4.79 Å². The summed E-state index contributed by atoms with van der Waals surface area (Å²) in [5.74, 6) is 1.15. The highest BCUT2D eigenvalue weighted by atomic mass is 35.5. The first-order chi connectivity index (χ1) is 9.15. The number of ether oxygens (including phenoxy) is 1. The third-order valence-electron chi connectivity index (χ3n) is 3.07. The van der Waals surface area contributed by atoms with Crippen molar-refractivity contribution >= 4 is 24.1 Å². The fourth-order valence-electron chi connectivity index (χ4n) is 1.89. The molecule has 1 aliphatic heterocycles. The minimum Gasteiger partial charge on any atom is -0.378 e. The lowest BCUT2D eigenvalue weighted by Crippen LogP contribution is -2.48. The predicted molar refractivity (Wildman–Crippen MR) is 80.2 cm³/mol. The van der Waals surface area contributed by atoms with Crippen LogP contribution in [0, 0.1) is 5.92 Å². The van der Waals surface area contributed by atoms with Gasteiger partial charge in [-0.3, -0.25) is 9.48 Å². The monoisotopic (exact) mass is 302 g/mol. The van der Waals surface area contributed by atoms with Crippen LogP contribution in [-0.2, 0) is 16.1 Å². The van der Waals surface area contributed by atoms with Gasteiger partial charge in [0.1, 0.15) is 6.04 Å². The second-order valence-corrected chi connectivity index (χ2v) is 5.22. The van der Waals surface area contributed by atoms with Gasteiger partial charge in [-0.2, -0.15) is 5.10 Å². The van der Waals surface area contributed by atoms with Gasteiger partial charge >= 0.3 is 0 Å². The second-order valence-electron chi connectivity index (χ2n) is 5.22. The number of aromatic nitrogens is 2. The van der Waals surface area contributed by atoms with Gasteiger partial charge in [-0.25, -0.2) is 0 Å². The molecule has 2 heterocycles. The van der Waals surface area contributed by atoms with Crippen LogP contribution >= 0.6 is 12.4 Å². The molecule has 0 radical (unpaired) electrons. The van der Waals surface area contributed by atoms with E-state index in [1.807, 2.05) is 16.9 Å². The average molecular weight is 303 g/mol. The molecule has 6 nitrogen and oxygen atoms in total. The van der Waals surface area contributed by atoms with Crippen LogP contribution in [0.25, 0.3) is 0 Å². The molecule has 1 saturated heterocycles. The Bertz CT molecular complexity index is 416. The molecule has 0 spiro atoms. The van der Waals surface area contributed by atoms with Gasteiger partial charge in [0.15, 0.2) is 5.82 Å². The van der Waals surface area contributed by atoms with Gasteiger partial charge in [-0.1, -0.05) is 13.8 Å². The Morgan fingerprint density at radius 3 is 3.10 bits per heavy atom. The summed E-state index contributed by atoms with van der Waals surface area (Å²) in [4.78, 5) is 11.9. The minimum atomic E-state index is -0.283. The second kappa shape index (κ2) is 8.24. The number of carbonyl (C=O) groups is 1. The summed E-state index contributed by atoms with van der Waals surface area (Å²) in [6, 6.07) is 1.54. The third-order valence-corrected chi connectivity index (χ3v) is 3.07. The average Bonchev–Trinajstić information content (AvgIpc) is 2.85. The zero-order chi connectivity index (χ0) is 13.7. The van der Waals surface area contributed by atoms with Crippen molar-refractivity contribution < 1.29 is 9.53 Å². The van der Waals surface area contributed by atoms with Crippen molar-refractivity contribution in [3.05, 3.63) is 12.3 Å². The summed E-state index contributed by atoms with van der Waals surface area (Å²) in [6.07, 6.45) is 2.97. The van der Waals surface area contributed by atoms with E-state index in [2.05, 4.69) is 29.6 Å². The highest BCUT2D eigenvalue weighted by Crippen LogP contribution is 2.07. The molecule has 1 unspecified atom stereocenters. The highest BCUT2D eigenvalue weighted by Gasteiger charge is 2.21. The Hall–Kier alpha value is -1.11. The largest absolute Gasteiger partial charge is 0.378 e. The van der Waals surface area contributed by atoms with E-state index in [0.29, 0.717) is 31.5 Å². The maximum absolute atomic E-state index is 11.9. The van der Waals surface area contributed by atoms with Crippen molar-refractivity contribution in [3.63, 3.8) is 0 Å². The number of halogens is 1. The number of morpholine rings is 1. The molecule has 1 atom stereocenters. The highest BCUT2D eigenvalue weighted by molar-refractivity contribution is 5.94. The molecule has 20 heavy (non-hydrogen) atoms. The summed E-state index contributed by atoms with van der Waals surface area (Å²) in [5, 5.41) is 10.3. The molecule has 0 aromatic carbocycles. The first-order valence-corrected chi connectivity index (χ1v) is 6.80. The maximum Gasteiger partial charge on any atom is 0.245 e. The van der Waals surface area contributed by atoms with E-state index in [1.165, 1.54) is 0 Å². The maximum atomic E-state index is 11.9. The van der Waals surface area contributed by atoms with Crippen molar-refractivity contribution in [1.29, 1.82) is 0 Å². The zero-order valence-electron chi connectivity index (χ0n) is 12.0. The molecule has 0 bridgehead atoms. The van der Waals surface area contributed by atoms with Crippen molar-refractivity contribution in [2.45, 2.75) is 32.9 Å². The van der Waals surface area contributed by atoms with Gasteiger partial charge in [0, 0.05) is 25.4 Å². The Morgan fingerprint density at radius 2 is 2.45 bits per heavy atom. The molecule has 2 rings (SSSR count). The lowest BCUT2D eigenvalue weighted by Gasteiger charge is -2.22. The Labute approximate surface area is 125 Å². The molecule has 1 aromatic rings. The van der Waals surface area contributed by atoms with E-state index in [4.69, 9.17) is 4.74 Å². The number of aryl methyl sites for hydroxylation is 1. The topological polar surface area (TPSA) is 68.2 Å². The molecule has 2 N–H and O–H groups in total. The summed E-state index contributed by atoms with van der Waals surface area (Å²) in [5.41, 5.74) is 0. The van der Waals surface area contributed by atoms with Gasteiger partial charge in [0.2, 0.25) is 5.91 Å². The molecule has 1 aliphatic rings. The molecule has 1 amide bonds. The summed E-state index contributed by atoms with van der Waals surface area (Å²) >= 11 is 0. The van der Waals surface area contributed by atoms with Crippen LogP contribution in [0.15, 0.2) is 12.3 Å². The van der Waals surface area contributed by atoms with Crippen molar-refractivity contribution in [3.8, 4) is 0 Å². The van der Waals surface area contributed by atoms with Gasteiger partial charge < -0.3 is 15.4 Å². The number of hydrogen-bond donors (Lipinski definition) is 2. The summed E-state index contributed by atoms with van der Waals surface area (Å²) < 4.78 is 7.12. The van der Waals surface area contributed by atoms with Gasteiger partial charge in [-0.05, 0) is 12.3 Å². The van der Waals surface area contributed by atoms with Gasteiger partial charge in [0.05, 0.1) is 13.2 Å². The fraction of sp³-hybridized carbons (Fsp3) is 0.692. The first kappa shape index (κ1) is 16.9. The Morgan fingerprint density at radius 1 is 1.65 bits per heavy atom. The van der Waals surface area contributed by atoms with Gasteiger partial charge in [-0.15, -0.1) is 12.4 Å². The molecular weight excluding hydrogens is 280 g/mol. The first-order valence-electron chi connectivity index (χ1n) is 6.80. The normalized spacial score (nSPS) is 18.6. The Kier molecular flexibility index (Phi) is 6.98. The van der Waals surface area contributed by atoms with Crippen LogP contribution in [0.3, 0.4) is 0 Å². The molecule has 0 aliphatic carbocycles. The smallest absolute Gasteiger partial charge is 0.245 e. The summed E-state index contributed by atoms with van der Waals surface area (Å²) in [7, 11) is 0. The Balaban J connectivity index is 0.00000200. The van der Waals surface area contributed by atoms with E-state index in [0.717, 1.165) is 13.0 Å². The van der Waals surface area contributed by atoms with E-state index < -0.39 is 0 Å².